The van der Waals surface area contributed by atoms with Crippen LogP contribution in [-0.4, -0.2) is 49.9 Å². The number of hydrogen-bond donors (Lipinski definition) is 1. The molecular weight excluding hydrogens is 426 g/mol. The van der Waals surface area contributed by atoms with Crippen LogP contribution >= 0.6 is 0 Å². The summed E-state index contributed by atoms with van der Waals surface area (Å²) in [6, 6.07) is 18.7. The van der Waals surface area contributed by atoms with E-state index in [1.807, 2.05) is 24.3 Å². The predicted molar refractivity (Wildman–Crippen MR) is 121 cm³/mol. The van der Waals surface area contributed by atoms with Gasteiger partial charge in [0, 0.05) is 30.5 Å². The average molecular weight is 448 g/mol. The molecule has 0 radical (unpaired) electrons. The van der Waals surface area contributed by atoms with Gasteiger partial charge in [0.05, 0.1) is 23.7 Å². The molecule has 2 heterocycles. The number of rotatable bonds is 4. The average Bonchev–Trinajstić information content (AvgIpc) is 2.84. The highest BCUT2D eigenvalue weighted by Crippen LogP contribution is 2.22. The molecule has 162 valence electrons. The maximum Gasteiger partial charge on any atom is 0.257 e. The molecule has 1 N–H and O–H groups in total. The number of aromatic nitrogens is 1. The van der Waals surface area contributed by atoms with Gasteiger partial charge in [-0.15, -0.1) is 0 Å². The Balaban J connectivity index is 1.56. The van der Waals surface area contributed by atoms with Crippen molar-refractivity contribution in [3.8, 4) is 11.8 Å². The van der Waals surface area contributed by atoms with Crippen molar-refractivity contribution in [3.05, 3.63) is 89.7 Å². The Bertz CT molecular complexity index is 1280. The van der Waals surface area contributed by atoms with Crippen molar-refractivity contribution in [1.82, 2.24) is 9.29 Å². The number of carbonyl (C=O) groups excluding carboxylic acids is 1. The molecule has 0 unspecified atom stereocenters. The van der Waals surface area contributed by atoms with Crippen molar-refractivity contribution in [3.63, 3.8) is 0 Å². The molecule has 2 aromatic carbocycles. The number of morpholine rings is 1. The second kappa shape index (κ2) is 9.75. The highest BCUT2D eigenvalue weighted by Gasteiger charge is 2.30. The van der Waals surface area contributed by atoms with Crippen LogP contribution in [0.15, 0.2) is 77.8 Å². The summed E-state index contributed by atoms with van der Waals surface area (Å²) in [4.78, 5) is 17.1. The molecule has 4 rings (SSSR count). The van der Waals surface area contributed by atoms with Gasteiger partial charge >= 0.3 is 0 Å². The molecule has 0 saturated carbocycles. The van der Waals surface area contributed by atoms with Gasteiger partial charge in [-0.1, -0.05) is 30.2 Å². The molecule has 32 heavy (non-hydrogen) atoms. The number of carbonyl (C=O) groups is 1. The van der Waals surface area contributed by atoms with E-state index in [1.54, 1.807) is 36.5 Å². The molecule has 1 saturated heterocycles. The zero-order valence-corrected chi connectivity index (χ0v) is 18.0. The van der Waals surface area contributed by atoms with Crippen molar-refractivity contribution < 1.29 is 17.9 Å². The first-order chi connectivity index (χ1) is 15.5. The number of amides is 1. The van der Waals surface area contributed by atoms with Crippen LogP contribution in [-0.2, 0) is 14.8 Å². The third-order valence-corrected chi connectivity index (χ3v) is 6.80. The third kappa shape index (κ3) is 5.03. The standard InChI is InChI=1S/C24H21N3O4S/c28-24(22-9-1-2-10-23(22)32(29,30)27-14-16-31-17-15-27)26-21-8-5-6-19(18-21)11-12-20-7-3-4-13-25-20/h1-10,13,18H,14-17H2,(H,26,28). The Kier molecular flexibility index (Phi) is 6.61. The van der Waals surface area contributed by atoms with E-state index in [0.717, 1.165) is 0 Å². The van der Waals surface area contributed by atoms with Gasteiger partial charge < -0.3 is 10.1 Å². The molecule has 0 aliphatic carbocycles. The van der Waals surface area contributed by atoms with Gasteiger partial charge in [-0.05, 0) is 48.4 Å². The number of nitrogens with one attached hydrogen (secondary N) is 1. The van der Waals surface area contributed by atoms with Crippen LogP contribution in [0.1, 0.15) is 21.6 Å². The Morgan fingerprint density at radius 1 is 0.969 bits per heavy atom. The van der Waals surface area contributed by atoms with Gasteiger partial charge in [-0.2, -0.15) is 4.31 Å². The van der Waals surface area contributed by atoms with Crippen LogP contribution in [0.2, 0.25) is 0 Å². The normalized spacial score (nSPS) is 14.2. The number of benzene rings is 2. The summed E-state index contributed by atoms with van der Waals surface area (Å²) < 4.78 is 32.8. The molecule has 1 aliphatic heterocycles. The Hall–Kier alpha value is -3.51. The maximum absolute atomic E-state index is 13.1. The van der Waals surface area contributed by atoms with E-state index in [1.165, 1.54) is 16.4 Å². The van der Waals surface area contributed by atoms with Crippen LogP contribution < -0.4 is 5.32 Å². The quantitative estimate of drug-likeness (QED) is 0.622. The summed E-state index contributed by atoms with van der Waals surface area (Å²) >= 11 is 0. The van der Waals surface area contributed by atoms with Crippen molar-refractivity contribution in [2.24, 2.45) is 0 Å². The molecule has 3 aromatic rings. The lowest BCUT2D eigenvalue weighted by atomic mass is 10.1. The highest BCUT2D eigenvalue weighted by atomic mass is 32.2. The van der Waals surface area contributed by atoms with Gasteiger partial charge in [0.2, 0.25) is 10.0 Å². The van der Waals surface area contributed by atoms with Crippen LogP contribution in [0.3, 0.4) is 0 Å². The smallest absolute Gasteiger partial charge is 0.257 e. The number of anilines is 1. The van der Waals surface area contributed by atoms with Gasteiger partial charge in [0.15, 0.2) is 0 Å². The molecule has 8 heteroatoms. The highest BCUT2D eigenvalue weighted by molar-refractivity contribution is 7.89. The second-order valence-electron chi connectivity index (χ2n) is 7.01. The summed E-state index contributed by atoms with van der Waals surface area (Å²) in [5.41, 5.74) is 1.94. The first-order valence-corrected chi connectivity index (χ1v) is 11.5. The van der Waals surface area contributed by atoms with E-state index < -0.39 is 15.9 Å². The molecule has 0 bridgehead atoms. The molecule has 1 aromatic heterocycles. The molecular formula is C24H21N3O4S. The summed E-state index contributed by atoms with van der Waals surface area (Å²) in [5, 5.41) is 2.78. The number of nitrogens with zero attached hydrogens (tertiary/aromatic N) is 2. The van der Waals surface area contributed by atoms with Crippen LogP contribution in [0.5, 0.6) is 0 Å². The van der Waals surface area contributed by atoms with Crippen molar-refractivity contribution in [2.45, 2.75) is 4.90 Å². The summed E-state index contributed by atoms with van der Waals surface area (Å²) in [6.07, 6.45) is 1.67. The first kappa shape index (κ1) is 21.7. The molecule has 0 atom stereocenters. The zero-order valence-electron chi connectivity index (χ0n) is 17.2. The number of ether oxygens (including phenoxy) is 1. The Morgan fingerprint density at radius 2 is 1.75 bits per heavy atom. The van der Waals surface area contributed by atoms with Gasteiger partial charge in [-0.3, -0.25) is 4.79 Å². The zero-order chi connectivity index (χ0) is 22.4. The number of hydrogen-bond acceptors (Lipinski definition) is 5. The first-order valence-electron chi connectivity index (χ1n) is 10.1. The van der Waals surface area contributed by atoms with E-state index in [-0.39, 0.29) is 23.5 Å². The topological polar surface area (TPSA) is 88.6 Å². The minimum absolute atomic E-state index is 0.0227. The monoisotopic (exact) mass is 447 g/mol. The Labute approximate surface area is 187 Å². The van der Waals surface area contributed by atoms with Crippen molar-refractivity contribution >= 4 is 21.6 Å². The molecule has 1 amide bonds. The van der Waals surface area contributed by atoms with E-state index in [4.69, 9.17) is 4.74 Å². The minimum Gasteiger partial charge on any atom is -0.379 e. The van der Waals surface area contributed by atoms with Crippen LogP contribution in [0, 0.1) is 11.8 Å². The molecule has 7 nitrogen and oxygen atoms in total. The number of sulfonamides is 1. The lowest BCUT2D eigenvalue weighted by Gasteiger charge is -2.26. The predicted octanol–water partition coefficient (Wildman–Crippen LogP) is 2.75. The lowest BCUT2D eigenvalue weighted by molar-refractivity contribution is 0.0730. The van der Waals surface area contributed by atoms with E-state index >= 15 is 0 Å². The third-order valence-electron chi connectivity index (χ3n) is 4.84. The summed E-state index contributed by atoms with van der Waals surface area (Å²) in [7, 11) is -3.81. The van der Waals surface area contributed by atoms with Gasteiger partial charge in [-0.25, -0.2) is 13.4 Å². The van der Waals surface area contributed by atoms with Gasteiger partial charge in [0.25, 0.3) is 5.91 Å². The summed E-state index contributed by atoms with van der Waals surface area (Å²) in [5.74, 6) is 5.48. The fourth-order valence-corrected chi connectivity index (χ4v) is 4.85. The molecule has 1 aliphatic rings. The maximum atomic E-state index is 13.1. The minimum atomic E-state index is -3.81. The number of pyridine rings is 1. The van der Waals surface area contributed by atoms with Crippen LogP contribution in [0.25, 0.3) is 0 Å². The van der Waals surface area contributed by atoms with Gasteiger partial charge in [0.1, 0.15) is 5.69 Å². The Morgan fingerprint density at radius 3 is 2.53 bits per heavy atom. The second-order valence-corrected chi connectivity index (χ2v) is 8.92. The fraction of sp³-hybridized carbons (Fsp3) is 0.167. The van der Waals surface area contributed by atoms with Crippen molar-refractivity contribution in [2.75, 3.05) is 31.6 Å². The SMILES string of the molecule is O=C(Nc1cccc(C#Cc2ccccn2)c1)c1ccccc1S(=O)(=O)N1CCOCC1. The van der Waals surface area contributed by atoms with E-state index in [9.17, 15) is 13.2 Å². The lowest BCUT2D eigenvalue weighted by Crippen LogP contribution is -2.41. The van der Waals surface area contributed by atoms with E-state index in [2.05, 4.69) is 22.1 Å². The van der Waals surface area contributed by atoms with Crippen molar-refractivity contribution in [1.29, 1.82) is 0 Å². The fourth-order valence-electron chi connectivity index (χ4n) is 3.25. The largest absolute Gasteiger partial charge is 0.379 e. The van der Waals surface area contributed by atoms with E-state index in [0.29, 0.717) is 30.2 Å². The van der Waals surface area contributed by atoms with Crippen LogP contribution in [0.4, 0.5) is 5.69 Å². The molecule has 1 fully saturated rings. The molecule has 0 spiro atoms. The summed E-state index contributed by atoms with van der Waals surface area (Å²) in [6.45, 7) is 1.18.